The van der Waals surface area contributed by atoms with Gasteiger partial charge in [-0.05, 0) is 42.7 Å². The Morgan fingerprint density at radius 1 is 0.683 bits per heavy atom. The van der Waals surface area contributed by atoms with Crippen LogP contribution in [0.1, 0.15) is 70.9 Å². The van der Waals surface area contributed by atoms with E-state index >= 15 is 0 Å². The van der Waals surface area contributed by atoms with Crippen LogP contribution in [-0.4, -0.2) is 103 Å². The average Bonchev–Trinajstić information content (AvgIpc) is 3.78. The van der Waals surface area contributed by atoms with E-state index in [0.717, 1.165) is 11.1 Å². The number of carbonyl (C=O) groups is 3. The molecule has 0 aromatic heterocycles. The highest BCUT2D eigenvalue weighted by atomic mass is 16.8. The van der Waals surface area contributed by atoms with Crippen molar-refractivity contribution in [3.8, 4) is 0 Å². The first kappa shape index (κ1) is 43.7. The summed E-state index contributed by atoms with van der Waals surface area (Å²) < 4.78 is 55.8. The lowest BCUT2D eigenvalue weighted by atomic mass is 9.76. The summed E-state index contributed by atoms with van der Waals surface area (Å²) >= 11 is 0. The number of alkyl carbamates (subject to hydrolysis) is 2. The van der Waals surface area contributed by atoms with Crippen LogP contribution in [0.5, 0.6) is 0 Å². The van der Waals surface area contributed by atoms with Gasteiger partial charge in [-0.15, -0.1) is 0 Å². The number of hydrogen-bond donors (Lipinski definition) is 3. The van der Waals surface area contributed by atoms with E-state index in [9.17, 15) is 19.5 Å². The van der Waals surface area contributed by atoms with E-state index in [2.05, 4.69) is 10.6 Å². The summed E-state index contributed by atoms with van der Waals surface area (Å²) in [6, 6.07) is 17.3. The predicted molar refractivity (Wildman–Crippen MR) is 215 cm³/mol. The van der Waals surface area contributed by atoms with E-state index in [1.54, 1.807) is 6.08 Å². The molecular weight excluding hydrogens is 776 g/mol. The maximum absolute atomic E-state index is 13.0. The number of amides is 2. The van der Waals surface area contributed by atoms with Gasteiger partial charge in [-0.3, -0.25) is 4.79 Å². The molecule has 3 N–H and O–H groups in total. The number of esters is 1. The van der Waals surface area contributed by atoms with Crippen LogP contribution < -0.4 is 10.6 Å². The molecular formula is C45H58N2O13. The van der Waals surface area contributed by atoms with Gasteiger partial charge in [-0.2, -0.15) is 0 Å². The van der Waals surface area contributed by atoms with E-state index in [0.29, 0.717) is 25.7 Å². The minimum absolute atomic E-state index is 0.0854. The quantitative estimate of drug-likeness (QED) is 0.115. The van der Waals surface area contributed by atoms with Gasteiger partial charge in [0.25, 0.3) is 0 Å². The Hall–Kier alpha value is -4.35. The molecule has 5 aliphatic rings. The zero-order chi connectivity index (χ0) is 42.2. The first-order valence-electron chi connectivity index (χ1n) is 21.2. The van der Waals surface area contributed by atoms with E-state index in [1.165, 1.54) is 0 Å². The molecule has 2 amide bonds. The van der Waals surface area contributed by atoms with E-state index in [-0.39, 0.29) is 49.6 Å². The van der Waals surface area contributed by atoms with Gasteiger partial charge in [0, 0.05) is 5.92 Å². The SMILES string of the molecule is CC[C@H]1C=C[C@@H](NC(=O)OCc2ccccc2)[C@@H](O[C@H]2[C@@H](O)[C@H](O[C@@H]3[C@H]4OC(=O)C[C@@H]4C[C@H](C)[C@H]3O[C@H]3O[C@H](CC)C=C[C@H]3NC(=O)OCc3ccccc3)O[C@@H]2CC)O1. The van der Waals surface area contributed by atoms with Crippen molar-refractivity contribution in [3.63, 3.8) is 0 Å². The Balaban J connectivity index is 1.05. The van der Waals surface area contributed by atoms with E-state index in [1.807, 2.05) is 107 Å². The smallest absolute Gasteiger partial charge is 0.408 e. The van der Waals surface area contributed by atoms with Gasteiger partial charge >= 0.3 is 18.2 Å². The lowest BCUT2D eigenvalue weighted by molar-refractivity contribution is -0.287. The second kappa shape index (κ2) is 20.5. The summed E-state index contributed by atoms with van der Waals surface area (Å²) in [5, 5.41) is 17.6. The zero-order valence-corrected chi connectivity index (χ0v) is 34.5. The highest BCUT2D eigenvalue weighted by Gasteiger charge is 2.55. The van der Waals surface area contributed by atoms with Crippen molar-refractivity contribution in [2.45, 2.75) is 153 Å². The molecule has 60 heavy (non-hydrogen) atoms. The van der Waals surface area contributed by atoms with Crippen LogP contribution in [0.4, 0.5) is 9.59 Å². The number of fused-ring (bicyclic) bond motifs is 1. The number of benzene rings is 2. The molecule has 15 atom stereocenters. The van der Waals surface area contributed by atoms with Gasteiger partial charge in [0.2, 0.25) is 0 Å². The molecule has 0 bridgehead atoms. The monoisotopic (exact) mass is 834 g/mol. The van der Waals surface area contributed by atoms with Crippen molar-refractivity contribution < 1.29 is 62.1 Å². The molecule has 1 aliphatic carbocycles. The summed E-state index contributed by atoms with van der Waals surface area (Å²) in [5.41, 5.74) is 1.68. The van der Waals surface area contributed by atoms with Crippen molar-refractivity contribution in [1.82, 2.24) is 10.6 Å². The molecule has 2 aromatic carbocycles. The minimum atomic E-state index is -1.31. The molecule has 326 valence electrons. The number of aliphatic hydroxyl groups is 1. The highest BCUT2D eigenvalue weighted by molar-refractivity contribution is 5.72. The van der Waals surface area contributed by atoms with Crippen LogP contribution in [0, 0.1) is 11.8 Å². The number of hydrogen-bond acceptors (Lipinski definition) is 13. The molecule has 1 saturated carbocycles. The van der Waals surface area contributed by atoms with Gasteiger partial charge in [-0.25, -0.2) is 9.59 Å². The third-order valence-electron chi connectivity index (χ3n) is 11.7. The first-order valence-corrected chi connectivity index (χ1v) is 21.2. The summed E-state index contributed by atoms with van der Waals surface area (Å²) in [5.74, 6) is -0.644. The van der Waals surface area contributed by atoms with Crippen molar-refractivity contribution in [3.05, 3.63) is 96.1 Å². The second-order valence-corrected chi connectivity index (χ2v) is 16.0. The largest absolute Gasteiger partial charge is 0.459 e. The number of aliphatic hydroxyl groups excluding tert-OH is 1. The molecule has 2 saturated heterocycles. The summed E-state index contributed by atoms with van der Waals surface area (Å²) in [6.45, 7) is 8.05. The fourth-order valence-electron chi connectivity index (χ4n) is 8.45. The lowest BCUT2D eigenvalue weighted by Gasteiger charge is -2.45. The van der Waals surface area contributed by atoms with Crippen molar-refractivity contribution >= 4 is 18.2 Å². The Labute approximate surface area is 351 Å². The maximum atomic E-state index is 13.0. The Morgan fingerprint density at radius 3 is 1.72 bits per heavy atom. The predicted octanol–water partition coefficient (Wildman–Crippen LogP) is 5.58. The topological polar surface area (TPSA) is 179 Å². The minimum Gasteiger partial charge on any atom is -0.459 e. The zero-order valence-electron chi connectivity index (χ0n) is 34.5. The van der Waals surface area contributed by atoms with Gasteiger partial charge in [-0.1, -0.05) is 113 Å². The number of carbonyl (C=O) groups excluding carboxylic acids is 3. The van der Waals surface area contributed by atoms with Crippen LogP contribution in [0.15, 0.2) is 85.0 Å². The molecule has 0 spiro atoms. The standard InChI is InChI=1S/C45H58N2O13/c1-5-30-18-20-32(46-44(50)52-24-27-14-10-8-11-15-27)41(54-30)58-37-26(4)22-29-23-35(48)57-38(29)40(37)60-43-36(49)39(34(7-3)56-43)59-42-33(21-19-31(6-2)55-42)47-45(51)53-25-28-16-12-9-13-17-28/h8-21,26,29-34,36-43,49H,5-7,22-25H2,1-4H3,(H,46,50)(H,47,51)/t26-,29-,30+,31-,32+,33+,34+,36+,37+,38-,39+,40-,41+,42+,43-/m0/s1. The molecule has 0 unspecified atom stereocenters. The molecule has 2 aromatic rings. The fourth-order valence-corrected chi connectivity index (χ4v) is 8.45. The molecule has 15 nitrogen and oxygen atoms in total. The van der Waals surface area contributed by atoms with E-state index < -0.39 is 79.8 Å². The van der Waals surface area contributed by atoms with Crippen molar-refractivity contribution in [2.24, 2.45) is 11.8 Å². The summed E-state index contributed by atoms with van der Waals surface area (Å²) in [6.07, 6.45) is -0.145. The lowest BCUT2D eigenvalue weighted by Crippen LogP contribution is -2.58. The number of ether oxygens (including phenoxy) is 9. The van der Waals surface area contributed by atoms with Gasteiger partial charge in [0.05, 0.1) is 30.8 Å². The Bertz CT molecular complexity index is 1780. The molecule has 0 radical (unpaired) electrons. The van der Waals surface area contributed by atoms with Gasteiger partial charge < -0.3 is 58.4 Å². The van der Waals surface area contributed by atoms with Crippen LogP contribution in [0.2, 0.25) is 0 Å². The number of nitrogens with one attached hydrogen (secondary N) is 2. The molecule has 15 heteroatoms. The summed E-state index contributed by atoms with van der Waals surface area (Å²) in [7, 11) is 0. The number of rotatable bonds is 15. The molecule has 4 aliphatic heterocycles. The molecule has 3 fully saturated rings. The van der Waals surface area contributed by atoms with Crippen LogP contribution in [0.25, 0.3) is 0 Å². The van der Waals surface area contributed by atoms with Crippen molar-refractivity contribution in [1.29, 1.82) is 0 Å². The first-order chi connectivity index (χ1) is 29.1. The Morgan fingerprint density at radius 2 is 1.20 bits per heavy atom. The van der Waals surface area contributed by atoms with E-state index in [4.69, 9.17) is 42.6 Å². The van der Waals surface area contributed by atoms with Crippen LogP contribution in [0.3, 0.4) is 0 Å². The highest BCUT2D eigenvalue weighted by Crippen LogP contribution is 2.43. The third kappa shape index (κ3) is 10.7. The van der Waals surface area contributed by atoms with Crippen LogP contribution >= 0.6 is 0 Å². The van der Waals surface area contributed by atoms with Crippen LogP contribution in [-0.2, 0) is 60.6 Å². The fraction of sp³-hybridized carbons (Fsp3) is 0.578. The van der Waals surface area contributed by atoms with Gasteiger partial charge in [0.15, 0.2) is 18.9 Å². The van der Waals surface area contributed by atoms with Gasteiger partial charge in [0.1, 0.15) is 49.7 Å². The van der Waals surface area contributed by atoms with Crippen molar-refractivity contribution in [2.75, 3.05) is 0 Å². The maximum Gasteiger partial charge on any atom is 0.408 e. The summed E-state index contributed by atoms with van der Waals surface area (Å²) in [4.78, 5) is 38.7. The second-order valence-electron chi connectivity index (χ2n) is 16.0. The normalized spacial score (nSPS) is 36.0. The molecule has 7 rings (SSSR count). The molecule has 4 heterocycles. The average molecular weight is 835 g/mol. The third-order valence-corrected chi connectivity index (χ3v) is 11.7. The Kier molecular flexibility index (Phi) is 14.9.